The summed E-state index contributed by atoms with van der Waals surface area (Å²) in [5.74, 6) is 0.507. The van der Waals surface area contributed by atoms with Gasteiger partial charge in [0.25, 0.3) is 0 Å². The summed E-state index contributed by atoms with van der Waals surface area (Å²) in [6.07, 6.45) is -3.63. The fourth-order valence-electron chi connectivity index (χ4n) is 1.06. The third-order valence-corrected chi connectivity index (χ3v) is 1.71. The van der Waals surface area contributed by atoms with Crippen LogP contribution in [0.15, 0.2) is 6.33 Å². The van der Waals surface area contributed by atoms with Crippen molar-refractivity contribution in [2.45, 2.75) is 32.1 Å². The molecule has 4 nitrogen and oxygen atoms in total. The molecule has 0 saturated carbocycles. The maximum Gasteiger partial charge on any atom is 0.389 e. The van der Waals surface area contributed by atoms with Crippen molar-refractivity contribution in [3.8, 4) is 0 Å². The van der Waals surface area contributed by atoms with Gasteiger partial charge in [-0.2, -0.15) is 18.3 Å². The van der Waals surface area contributed by atoms with Gasteiger partial charge < -0.3 is 5.73 Å². The summed E-state index contributed by atoms with van der Waals surface area (Å²) in [4.78, 5) is 3.80. The first kappa shape index (κ1) is 11.0. The van der Waals surface area contributed by atoms with Crippen LogP contribution < -0.4 is 5.73 Å². The molecule has 1 rings (SSSR count). The number of alkyl halides is 3. The maximum atomic E-state index is 11.8. The highest BCUT2D eigenvalue weighted by molar-refractivity contribution is 4.82. The molecule has 1 aromatic rings. The molecule has 0 aliphatic rings. The lowest BCUT2D eigenvalue weighted by atomic mass is 10.3. The van der Waals surface area contributed by atoms with E-state index in [2.05, 4.69) is 10.1 Å². The average Bonchev–Trinajstić information content (AvgIpc) is 2.49. The molecule has 1 aromatic heterocycles. The summed E-state index contributed by atoms with van der Waals surface area (Å²) in [6.45, 7) is 0.387. The molecule has 2 N–H and O–H groups in total. The van der Waals surface area contributed by atoms with E-state index in [1.807, 2.05) is 0 Å². The van der Waals surface area contributed by atoms with Crippen molar-refractivity contribution in [3.05, 3.63) is 12.2 Å². The zero-order valence-electron chi connectivity index (χ0n) is 7.46. The molecule has 0 bridgehead atoms. The maximum absolute atomic E-state index is 11.8. The smallest absolute Gasteiger partial charge is 0.324 e. The molecule has 0 unspecified atom stereocenters. The van der Waals surface area contributed by atoms with Crippen LogP contribution >= 0.6 is 0 Å². The van der Waals surface area contributed by atoms with Crippen molar-refractivity contribution in [3.63, 3.8) is 0 Å². The highest BCUT2D eigenvalue weighted by Gasteiger charge is 2.26. The first-order chi connectivity index (χ1) is 6.53. The predicted molar refractivity (Wildman–Crippen MR) is 43.2 cm³/mol. The van der Waals surface area contributed by atoms with Gasteiger partial charge in [-0.1, -0.05) is 0 Å². The summed E-state index contributed by atoms with van der Waals surface area (Å²) >= 11 is 0. The van der Waals surface area contributed by atoms with Crippen LogP contribution in [0.25, 0.3) is 0 Å². The van der Waals surface area contributed by atoms with E-state index in [0.717, 1.165) is 0 Å². The van der Waals surface area contributed by atoms with Crippen LogP contribution in [0.2, 0.25) is 0 Å². The Hall–Kier alpha value is -1.11. The van der Waals surface area contributed by atoms with E-state index in [1.54, 1.807) is 0 Å². The Morgan fingerprint density at radius 2 is 2.14 bits per heavy atom. The Kier molecular flexibility index (Phi) is 3.45. The van der Waals surface area contributed by atoms with E-state index < -0.39 is 12.6 Å². The Morgan fingerprint density at radius 3 is 2.71 bits per heavy atom. The normalized spacial score (nSPS) is 12.0. The second-order valence-electron chi connectivity index (χ2n) is 2.82. The highest BCUT2D eigenvalue weighted by atomic mass is 19.4. The molecule has 14 heavy (non-hydrogen) atoms. The van der Waals surface area contributed by atoms with Crippen molar-refractivity contribution in [2.75, 3.05) is 0 Å². The minimum absolute atomic E-state index is 0.000139. The van der Waals surface area contributed by atoms with Crippen molar-refractivity contribution in [1.29, 1.82) is 0 Å². The van der Waals surface area contributed by atoms with Gasteiger partial charge in [0, 0.05) is 13.0 Å². The number of rotatable bonds is 4. The Morgan fingerprint density at radius 1 is 1.43 bits per heavy atom. The monoisotopic (exact) mass is 208 g/mol. The Balaban J connectivity index is 2.38. The summed E-state index contributed by atoms with van der Waals surface area (Å²) in [6, 6.07) is 0. The van der Waals surface area contributed by atoms with Gasteiger partial charge in [-0.15, -0.1) is 0 Å². The van der Waals surface area contributed by atoms with E-state index >= 15 is 0 Å². The third kappa shape index (κ3) is 3.33. The molecule has 80 valence electrons. The van der Waals surface area contributed by atoms with Crippen molar-refractivity contribution in [2.24, 2.45) is 5.73 Å². The van der Waals surface area contributed by atoms with Crippen LogP contribution in [-0.2, 0) is 13.1 Å². The molecule has 1 heterocycles. The van der Waals surface area contributed by atoms with Crippen LogP contribution in [0.5, 0.6) is 0 Å². The fourth-order valence-corrected chi connectivity index (χ4v) is 1.06. The number of aryl methyl sites for hydroxylation is 1. The minimum Gasteiger partial charge on any atom is -0.324 e. The average molecular weight is 208 g/mol. The zero-order chi connectivity index (χ0) is 10.6. The van der Waals surface area contributed by atoms with Gasteiger partial charge >= 0.3 is 6.18 Å². The quantitative estimate of drug-likeness (QED) is 0.805. The van der Waals surface area contributed by atoms with Gasteiger partial charge in [0.15, 0.2) is 0 Å². The minimum atomic E-state index is -4.11. The van der Waals surface area contributed by atoms with Gasteiger partial charge in [-0.3, -0.25) is 0 Å². The molecule has 0 saturated heterocycles. The lowest BCUT2D eigenvalue weighted by Crippen LogP contribution is -2.13. The van der Waals surface area contributed by atoms with Gasteiger partial charge in [-0.25, -0.2) is 9.67 Å². The third-order valence-electron chi connectivity index (χ3n) is 1.71. The molecule has 7 heteroatoms. The molecule has 0 spiro atoms. The lowest BCUT2D eigenvalue weighted by molar-refractivity contribution is -0.136. The SMILES string of the molecule is NCc1ncnn1CCCC(F)(F)F. The summed E-state index contributed by atoms with van der Waals surface area (Å²) in [5.41, 5.74) is 5.31. The largest absolute Gasteiger partial charge is 0.389 e. The Bertz CT molecular complexity index is 281. The molecule has 0 aliphatic heterocycles. The van der Waals surface area contributed by atoms with Crippen molar-refractivity contribution < 1.29 is 13.2 Å². The second kappa shape index (κ2) is 4.41. The Labute approximate surface area is 78.9 Å². The first-order valence-corrected chi connectivity index (χ1v) is 4.16. The second-order valence-corrected chi connectivity index (χ2v) is 2.82. The standard InChI is InChI=1S/C7H11F3N4/c8-7(9,10)2-1-3-14-6(4-11)12-5-13-14/h5H,1-4,11H2. The van der Waals surface area contributed by atoms with Gasteiger partial charge in [0.05, 0.1) is 6.54 Å². The van der Waals surface area contributed by atoms with E-state index in [1.165, 1.54) is 11.0 Å². The molecule has 0 amide bonds. The van der Waals surface area contributed by atoms with E-state index in [9.17, 15) is 13.2 Å². The van der Waals surface area contributed by atoms with Crippen LogP contribution in [0.4, 0.5) is 13.2 Å². The van der Waals surface area contributed by atoms with Crippen LogP contribution in [0.3, 0.4) is 0 Å². The predicted octanol–water partition coefficient (Wildman–Crippen LogP) is 1.08. The van der Waals surface area contributed by atoms with Crippen molar-refractivity contribution >= 4 is 0 Å². The number of aromatic nitrogens is 3. The lowest BCUT2D eigenvalue weighted by Gasteiger charge is -2.06. The topological polar surface area (TPSA) is 56.7 Å². The van der Waals surface area contributed by atoms with E-state index in [-0.39, 0.29) is 19.5 Å². The fraction of sp³-hybridized carbons (Fsp3) is 0.714. The van der Waals surface area contributed by atoms with Crippen molar-refractivity contribution in [1.82, 2.24) is 14.8 Å². The zero-order valence-corrected chi connectivity index (χ0v) is 7.46. The molecule has 0 fully saturated rings. The van der Waals surface area contributed by atoms with Crippen LogP contribution in [-0.4, -0.2) is 20.9 Å². The summed E-state index contributed by atoms with van der Waals surface area (Å²) < 4.78 is 36.8. The molecule has 0 aromatic carbocycles. The number of halogens is 3. The molecule has 0 aliphatic carbocycles. The molecular weight excluding hydrogens is 197 g/mol. The molecule has 0 atom stereocenters. The van der Waals surface area contributed by atoms with Crippen LogP contribution in [0, 0.1) is 0 Å². The van der Waals surface area contributed by atoms with Gasteiger partial charge in [0.1, 0.15) is 12.2 Å². The van der Waals surface area contributed by atoms with E-state index in [4.69, 9.17) is 5.73 Å². The van der Waals surface area contributed by atoms with Gasteiger partial charge in [-0.05, 0) is 6.42 Å². The number of nitrogens with zero attached hydrogens (tertiary/aromatic N) is 3. The summed E-state index contributed by atoms with van der Waals surface area (Å²) in [7, 11) is 0. The summed E-state index contributed by atoms with van der Waals surface area (Å²) in [5, 5.41) is 3.76. The number of hydrogen-bond acceptors (Lipinski definition) is 3. The van der Waals surface area contributed by atoms with Gasteiger partial charge in [0.2, 0.25) is 0 Å². The highest BCUT2D eigenvalue weighted by Crippen LogP contribution is 2.21. The molecular formula is C7H11F3N4. The van der Waals surface area contributed by atoms with Crippen LogP contribution in [0.1, 0.15) is 18.7 Å². The van der Waals surface area contributed by atoms with E-state index in [0.29, 0.717) is 5.82 Å². The number of nitrogens with two attached hydrogens (primary N) is 1. The first-order valence-electron chi connectivity index (χ1n) is 4.16. The molecule has 0 radical (unpaired) electrons. The number of hydrogen-bond donors (Lipinski definition) is 1.